The lowest BCUT2D eigenvalue weighted by Crippen LogP contribution is -2.24. The Morgan fingerprint density at radius 1 is 0.538 bits per heavy atom. The predicted molar refractivity (Wildman–Crippen MR) is 119 cm³/mol. The van der Waals surface area contributed by atoms with Crippen molar-refractivity contribution in [2.75, 3.05) is 0 Å². The zero-order valence-corrected chi connectivity index (χ0v) is 23.1. The van der Waals surface area contributed by atoms with Crippen molar-refractivity contribution in [3.8, 4) is 0 Å². The Bertz CT molecular complexity index is 1740. The Hall–Kier alpha value is -1.73. The van der Waals surface area contributed by atoms with E-state index in [1.807, 2.05) is 0 Å². The Labute approximate surface area is 226 Å². The van der Waals surface area contributed by atoms with Crippen LogP contribution in [-0.4, -0.2) is 53.1 Å². The molecule has 0 saturated heterocycles. The molecule has 0 N–H and O–H groups in total. The van der Waals surface area contributed by atoms with Gasteiger partial charge >= 0.3 is 11.0 Å². The highest BCUT2D eigenvalue weighted by Crippen LogP contribution is 2.38. The zero-order valence-electron chi connectivity index (χ0n) is 17.5. The highest BCUT2D eigenvalue weighted by molar-refractivity contribution is 8.13. The fourth-order valence-electron chi connectivity index (χ4n) is 2.26. The van der Waals surface area contributed by atoms with Gasteiger partial charge in [0.05, 0.1) is 29.6 Å². The lowest BCUT2D eigenvalue weighted by Gasteiger charge is -2.23. The molecule has 0 aliphatic rings. The molecule has 0 unspecified atom stereocenters. The maximum Gasteiger partial charge on any atom is 0.480 e. The number of sulfonamides is 4. The van der Waals surface area contributed by atoms with Crippen molar-refractivity contribution in [2.24, 2.45) is 0 Å². The van der Waals surface area contributed by atoms with E-state index in [0.717, 1.165) is 0 Å². The first-order valence-corrected chi connectivity index (χ1v) is 16.6. The van der Waals surface area contributed by atoms with Gasteiger partial charge in [0.2, 0.25) is 9.84 Å². The van der Waals surface area contributed by atoms with Crippen molar-refractivity contribution in [2.45, 2.75) is 30.6 Å². The molecule has 0 radical (unpaired) electrons. The summed E-state index contributed by atoms with van der Waals surface area (Å²) in [6.45, 7) is 0. The van der Waals surface area contributed by atoms with Crippen LogP contribution in [0.25, 0.3) is 8.25 Å². The summed E-state index contributed by atoms with van der Waals surface area (Å²) in [4.78, 5) is -5.50. The number of rotatable bonds is 8. The molecule has 0 heterocycles. The molecule has 25 heteroatoms. The van der Waals surface area contributed by atoms with Crippen LogP contribution in [0.1, 0.15) is 0 Å². The molecule has 2 aromatic rings. The van der Waals surface area contributed by atoms with Gasteiger partial charge in [-0.25, -0.2) is 42.1 Å². The van der Waals surface area contributed by atoms with Gasteiger partial charge in [0.25, 0.3) is 0 Å². The van der Waals surface area contributed by atoms with E-state index in [-0.39, 0.29) is 12.1 Å². The van der Waals surface area contributed by atoms with Crippen LogP contribution in [0.5, 0.6) is 0 Å². The summed E-state index contributed by atoms with van der Waals surface area (Å²) in [6.07, 6.45) is 0. The van der Waals surface area contributed by atoms with Crippen molar-refractivity contribution < 1.29 is 68.4 Å². The second-order valence-electron chi connectivity index (χ2n) is 6.63. The monoisotopic (exact) mass is 706 g/mol. The van der Waals surface area contributed by atoms with Gasteiger partial charge in [0, 0.05) is 0 Å². The zero-order chi connectivity index (χ0) is 30.6. The first-order valence-electron chi connectivity index (χ1n) is 8.61. The maximum atomic E-state index is 13.0. The number of sulfone groups is 1. The van der Waals surface area contributed by atoms with E-state index in [2.05, 4.69) is 0 Å². The second kappa shape index (κ2) is 10.3. The molecule has 39 heavy (non-hydrogen) atoms. The molecule has 220 valence electrons. The van der Waals surface area contributed by atoms with Crippen LogP contribution in [0.4, 0.5) is 26.3 Å². The smallest absolute Gasteiger partial charge is 0.424 e. The van der Waals surface area contributed by atoms with Gasteiger partial charge < -0.3 is 8.25 Å². The van der Waals surface area contributed by atoms with E-state index >= 15 is 0 Å². The standard InChI is InChI=1S/C14H6Cl2F6N2O10S5/c15-9-3-1-7(5-11(9)36(27,28)23-38(31,32)13(17,18)19)35(25,26)8-2-4-10(16)12(6-8)37(29,30)24-39(33,34)14(20,21)22/h1-6H/q-2. The van der Waals surface area contributed by atoms with Crippen LogP contribution < -0.4 is 0 Å². The molecule has 0 aromatic heterocycles. The minimum atomic E-state index is -6.67. The molecular weight excluding hydrogens is 701 g/mol. The quantitative estimate of drug-likeness (QED) is 0.365. The van der Waals surface area contributed by atoms with E-state index in [0.29, 0.717) is 24.3 Å². The number of hydrogen-bond acceptors (Lipinski definition) is 10. The Morgan fingerprint density at radius 2 is 0.821 bits per heavy atom. The number of halogens is 8. The van der Waals surface area contributed by atoms with Gasteiger partial charge in [-0.3, -0.25) is 0 Å². The number of nitrogens with zero attached hydrogens (tertiary/aromatic N) is 2. The molecular formula is C14H6Cl2F6N2O10S5-2. The molecule has 0 aliphatic carbocycles. The molecule has 2 rings (SSSR count). The van der Waals surface area contributed by atoms with E-state index in [4.69, 9.17) is 23.2 Å². The van der Waals surface area contributed by atoms with Crippen molar-refractivity contribution in [3.63, 3.8) is 0 Å². The summed E-state index contributed by atoms with van der Waals surface area (Å²) in [6, 6.07) is 2.07. The first-order chi connectivity index (χ1) is 17.2. The molecule has 0 atom stereocenters. The lowest BCUT2D eigenvalue weighted by molar-refractivity contribution is -0.0431. The van der Waals surface area contributed by atoms with Crippen LogP contribution in [0.2, 0.25) is 10.0 Å². The number of hydrogen-bond donors (Lipinski definition) is 0. The second-order valence-corrected chi connectivity index (χ2v) is 16.2. The molecule has 0 fully saturated rings. The Balaban J connectivity index is 2.67. The first kappa shape index (κ1) is 33.5. The minimum absolute atomic E-state index is 0.0453. The van der Waals surface area contributed by atoms with Gasteiger partial charge in [-0.1, -0.05) is 23.2 Å². The summed E-state index contributed by atoms with van der Waals surface area (Å²) >= 11 is 11.1. The van der Waals surface area contributed by atoms with Crippen LogP contribution >= 0.6 is 23.2 Å². The molecule has 12 nitrogen and oxygen atoms in total. The molecule has 0 amide bonds. The van der Waals surface area contributed by atoms with Gasteiger partial charge in [0.15, 0.2) is 20.0 Å². The van der Waals surface area contributed by atoms with Crippen LogP contribution in [0, 0.1) is 0 Å². The molecule has 0 saturated carbocycles. The van der Waals surface area contributed by atoms with Gasteiger partial charge in [-0.15, -0.1) is 0 Å². The molecule has 0 bridgehead atoms. The van der Waals surface area contributed by atoms with Gasteiger partial charge in [-0.05, 0) is 36.4 Å². The summed E-state index contributed by atoms with van der Waals surface area (Å²) in [5.41, 5.74) is -12.3. The average molecular weight is 707 g/mol. The number of benzene rings is 2. The summed E-state index contributed by atoms with van der Waals surface area (Å²) in [5.74, 6) is 0. The Morgan fingerprint density at radius 3 is 1.08 bits per heavy atom. The third-order valence-corrected chi connectivity index (χ3v) is 12.7. The van der Waals surface area contributed by atoms with Crippen molar-refractivity contribution >= 4 is 73.1 Å². The SMILES string of the molecule is O=S(=O)([N-]S(=O)(=O)C(F)(F)F)c1cc(S(=O)(=O)c2ccc(Cl)c(S(=O)(=O)[N-]S(=O)(=O)C(F)(F)F)c2)ccc1Cl. The third-order valence-electron chi connectivity index (χ3n) is 3.96. The normalized spacial score (nSPS) is 14.4. The van der Waals surface area contributed by atoms with Crippen LogP contribution in [-0.2, 0) is 49.9 Å². The summed E-state index contributed by atoms with van der Waals surface area (Å²) in [5, 5.41) is -2.02. The highest BCUT2D eigenvalue weighted by Gasteiger charge is 2.42. The van der Waals surface area contributed by atoms with Crippen LogP contribution in [0.3, 0.4) is 0 Å². The largest absolute Gasteiger partial charge is 0.480 e. The number of alkyl halides is 6. The van der Waals surface area contributed by atoms with E-state index in [1.54, 1.807) is 8.25 Å². The van der Waals surface area contributed by atoms with E-state index in [1.165, 1.54) is 0 Å². The molecule has 0 spiro atoms. The third kappa shape index (κ3) is 6.95. The van der Waals surface area contributed by atoms with Crippen LogP contribution in [0.15, 0.2) is 56.0 Å². The van der Waals surface area contributed by atoms with Gasteiger partial charge in [-0.2, -0.15) is 26.3 Å². The van der Waals surface area contributed by atoms with E-state index in [9.17, 15) is 68.4 Å². The molecule has 2 aromatic carbocycles. The topological polar surface area (TPSA) is 199 Å². The fraction of sp³-hybridized carbons (Fsp3) is 0.143. The highest BCUT2D eigenvalue weighted by atomic mass is 35.5. The van der Waals surface area contributed by atoms with Gasteiger partial charge in [0.1, 0.15) is 20.0 Å². The minimum Gasteiger partial charge on any atom is -0.424 e. The van der Waals surface area contributed by atoms with Crippen molar-refractivity contribution in [3.05, 3.63) is 54.7 Å². The fourth-order valence-corrected chi connectivity index (χ4v) is 9.10. The lowest BCUT2D eigenvalue weighted by atomic mass is 10.3. The van der Waals surface area contributed by atoms with E-state index < -0.39 is 90.6 Å². The van der Waals surface area contributed by atoms with Crippen molar-refractivity contribution in [1.29, 1.82) is 0 Å². The average Bonchev–Trinajstić information content (AvgIpc) is 2.70. The molecule has 0 aliphatic heterocycles. The Kier molecular flexibility index (Phi) is 8.82. The summed E-state index contributed by atoms with van der Waals surface area (Å²) < 4.78 is 198. The van der Waals surface area contributed by atoms with Crippen molar-refractivity contribution in [1.82, 2.24) is 0 Å². The maximum absolute atomic E-state index is 13.0. The predicted octanol–water partition coefficient (Wildman–Crippen LogP) is 3.65. The summed E-state index contributed by atoms with van der Waals surface area (Å²) in [7, 11) is -30.2.